The summed E-state index contributed by atoms with van der Waals surface area (Å²) in [6.45, 7) is 12.0. The van der Waals surface area contributed by atoms with Gasteiger partial charge in [0.25, 0.3) is 0 Å². The number of carbonyl (C=O) groups excluding carboxylic acids is 3. The lowest BCUT2D eigenvalue weighted by atomic mass is 10.1. The SMILES string of the molecule is CC(C)(C)[Si](C)(C)OC[C@H]1CC[C@H](C(=O)NCc2ccccc2)N1C(=O)CCNC(=O)OCc1ccccc1. The second kappa shape index (κ2) is 13.8. The Kier molecular flexibility index (Phi) is 10.7. The molecule has 1 aliphatic heterocycles. The fourth-order valence-electron chi connectivity index (χ4n) is 4.28. The summed E-state index contributed by atoms with van der Waals surface area (Å²) in [6.07, 6.45) is 0.753. The van der Waals surface area contributed by atoms with Gasteiger partial charge in [-0.25, -0.2) is 4.79 Å². The van der Waals surface area contributed by atoms with Crippen LogP contribution in [0, 0.1) is 0 Å². The molecule has 1 aliphatic rings. The third-order valence-electron chi connectivity index (χ3n) is 7.67. The Morgan fingerprint density at radius 1 is 0.923 bits per heavy atom. The summed E-state index contributed by atoms with van der Waals surface area (Å²) >= 11 is 0. The van der Waals surface area contributed by atoms with Gasteiger partial charge in [0, 0.05) is 19.5 Å². The summed E-state index contributed by atoms with van der Waals surface area (Å²) in [5.74, 6) is -0.350. The average molecular weight is 554 g/mol. The van der Waals surface area contributed by atoms with Gasteiger partial charge in [-0.05, 0) is 42.1 Å². The zero-order chi connectivity index (χ0) is 28.5. The van der Waals surface area contributed by atoms with Crippen molar-refractivity contribution >= 4 is 26.2 Å². The zero-order valence-corrected chi connectivity index (χ0v) is 24.9. The first kappa shape index (κ1) is 30.4. The van der Waals surface area contributed by atoms with Crippen molar-refractivity contribution in [2.24, 2.45) is 0 Å². The number of rotatable bonds is 11. The summed E-state index contributed by atoms with van der Waals surface area (Å²) in [5, 5.41) is 5.69. The summed E-state index contributed by atoms with van der Waals surface area (Å²) in [7, 11) is -2.03. The Bertz CT molecular complexity index is 1090. The normalized spacial score (nSPS) is 17.5. The molecule has 1 saturated heterocycles. The largest absolute Gasteiger partial charge is 0.445 e. The monoisotopic (exact) mass is 553 g/mol. The lowest BCUT2D eigenvalue weighted by Gasteiger charge is -2.38. The van der Waals surface area contributed by atoms with Crippen molar-refractivity contribution in [2.75, 3.05) is 13.2 Å². The molecule has 1 heterocycles. The van der Waals surface area contributed by atoms with Crippen LogP contribution < -0.4 is 10.6 Å². The molecule has 2 N–H and O–H groups in total. The second-order valence-corrected chi connectivity index (χ2v) is 16.4. The quantitative estimate of drug-likeness (QED) is 0.382. The number of hydrogen-bond acceptors (Lipinski definition) is 5. The highest BCUT2D eigenvalue weighted by atomic mass is 28.4. The molecule has 8 nitrogen and oxygen atoms in total. The van der Waals surface area contributed by atoms with Crippen molar-refractivity contribution in [3.05, 3.63) is 71.8 Å². The Balaban J connectivity index is 1.59. The fourth-order valence-corrected chi connectivity index (χ4v) is 5.32. The van der Waals surface area contributed by atoms with E-state index in [9.17, 15) is 14.4 Å². The molecule has 0 spiro atoms. The molecule has 0 radical (unpaired) electrons. The van der Waals surface area contributed by atoms with E-state index in [0.717, 1.165) is 11.1 Å². The summed E-state index contributed by atoms with van der Waals surface area (Å²) in [4.78, 5) is 40.5. The van der Waals surface area contributed by atoms with Crippen molar-refractivity contribution in [2.45, 2.75) is 83.4 Å². The van der Waals surface area contributed by atoms with Crippen LogP contribution in [0.4, 0.5) is 4.79 Å². The van der Waals surface area contributed by atoms with Crippen LogP contribution in [-0.4, -0.2) is 56.4 Å². The standard InChI is InChI=1S/C30H43N3O5Si/c1-30(2,3)39(4,5)38-22-25-16-17-26(28(35)32-20-23-12-8-6-9-13-23)33(25)27(34)18-19-31-29(36)37-21-24-14-10-7-11-15-24/h6-15,25-26H,16-22H2,1-5H3,(H,31,36)(H,32,35)/t25-,26-/m1/s1. The zero-order valence-electron chi connectivity index (χ0n) is 23.9. The molecule has 0 saturated carbocycles. The molecule has 1 fully saturated rings. The van der Waals surface area contributed by atoms with Gasteiger partial charge < -0.3 is 24.7 Å². The van der Waals surface area contributed by atoms with Crippen LogP contribution in [0.5, 0.6) is 0 Å². The number of likely N-dealkylation sites (tertiary alicyclic amines) is 1. The Morgan fingerprint density at radius 3 is 2.15 bits per heavy atom. The number of nitrogens with one attached hydrogen (secondary N) is 2. The average Bonchev–Trinajstić information content (AvgIpc) is 3.34. The first-order chi connectivity index (χ1) is 18.5. The van der Waals surface area contributed by atoms with E-state index in [1.807, 2.05) is 60.7 Å². The maximum atomic E-state index is 13.4. The van der Waals surface area contributed by atoms with E-state index < -0.39 is 20.5 Å². The topological polar surface area (TPSA) is 97.0 Å². The van der Waals surface area contributed by atoms with Crippen molar-refractivity contribution < 1.29 is 23.5 Å². The number of ether oxygens (including phenoxy) is 1. The van der Waals surface area contributed by atoms with Gasteiger partial charge in [-0.1, -0.05) is 81.4 Å². The van der Waals surface area contributed by atoms with Crippen LogP contribution in [0.2, 0.25) is 18.1 Å². The van der Waals surface area contributed by atoms with Crippen LogP contribution in [0.3, 0.4) is 0 Å². The van der Waals surface area contributed by atoms with Gasteiger partial charge >= 0.3 is 6.09 Å². The lowest BCUT2D eigenvalue weighted by Crippen LogP contribution is -2.52. The van der Waals surface area contributed by atoms with Gasteiger partial charge in [0.15, 0.2) is 8.32 Å². The molecular formula is C30H43N3O5Si. The maximum Gasteiger partial charge on any atom is 0.407 e. The minimum atomic E-state index is -2.03. The number of nitrogens with zero attached hydrogens (tertiary/aromatic N) is 1. The highest BCUT2D eigenvalue weighted by Gasteiger charge is 2.43. The van der Waals surface area contributed by atoms with E-state index in [2.05, 4.69) is 44.5 Å². The van der Waals surface area contributed by atoms with Crippen molar-refractivity contribution in [3.63, 3.8) is 0 Å². The summed E-state index contributed by atoms with van der Waals surface area (Å²) < 4.78 is 11.7. The van der Waals surface area contributed by atoms with Gasteiger partial charge in [-0.2, -0.15) is 0 Å². The molecule has 2 atom stereocenters. The minimum Gasteiger partial charge on any atom is -0.445 e. The highest BCUT2D eigenvalue weighted by molar-refractivity contribution is 6.74. The molecule has 39 heavy (non-hydrogen) atoms. The highest BCUT2D eigenvalue weighted by Crippen LogP contribution is 2.37. The molecular weight excluding hydrogens is 510 g/mol. The third kappa shape index (κ3) is 8.93. The van der Waals surface area contributed by atoms with Crippen LogP contribution in [0.15, 0.2) is 60.7 Å². The first-order valence-corrected chi connectivity index (χ1v) is 16.6. The Hall–Kier alpha value is -3.17. The summed E-state index contributed by atoms with van der Waals surface area (Å²) in [6, 6.07) is 18.3. The third-order valence-corrected chi connectivity index (χ3v) is 12.2. The van der Waals surface area contributed by atoms with E-state index in [1.165, 1.54) is 0 Å². The molecule has 9 heteroatoms. The van der Waals surface area contributed by atoms with E-state index in [-0.39, 0.29) is 42.5 Å². The molecule has 2 aromatic rings. The van der Waals surface area contributed by atoms with Gasteiger partial charge in [-0.3, -0.25) is 9.59 Å². The van der Waals surface area contributed by atoms with Gasteiger partial charge in [0.05, 0.1) is 12.6 Å². The van der Waals surface area contributed by atoms with Crippen molar-refractivity contribution in [1.82, 2.24) is 15.5 Å². The number of hydrogen-bond donors (Lipinski definition) is 2. The van der Waals surface area contributed by atoms with E-state index in [1.54, 1.807) is 4.90 Å². The molecule has 2 aromatic carbocycles. The number of alkyl carbamates (subject to hydrolysis) is 1. The smallest absolute Gasteiger partial charge is 0.407 e. The van der Waals surface area contributed by atoms with Crippen molar-refractivity contribution in [1.29, 1.82) is 0 Å². The van der Waals surface area contributed by atoms with Crippen LogP contribution >= 0.6 is 0 Å². The molecule has 3 rings (SSSR count). The van der Waals surface area contributed by atoms with Crippen LogP contribution in [0.1, 0.15) is 51.2 Å². The van der Waals surface area contributed by atoms with E-state index in [4.69, 9.17) is 9.16 Å². The molecule has 0 unspecified atom stereocenters. The maximum absolute atomic E-state index is 13.4. The van der Waals surface area contributed by atoms with Gasteiger partial charge in [0.1, 0.15) is 12.6 Å². The predicted molar refractivity (Wildman–Crippen MR) is 154 cm³/mol. The molecule has 0 aromatic heterocycles. The first-order valence-electron chi connectivity index (χ1n) is 13.7. The van der Waals surface area contributed by atoms with Crippen molar-refractivity contribution in [3.8, 4) is 0 Å². The molecule has 0 aliphatic carbocycles. The minimum absolute atomic E-state index is 0.0386. The van der Waals surface area contributed by atoms with Crippen LogP contribution in [-0.2, 0) is 31.9 Å². The van der Waals surface area contributed by atoms with Crippen LogP contribution in [0.25, 0.3) is 0 Å². The fraction of sp³-hybridized carbons (Fsp3) is 0.500. The Morgan fingerprint density at radius 2 is 1.54 bits per heavy atom. The predicted octanol–water partition coefficient (Wildman–Crippen LogP) is 5.00. The molecule has 212 valence electrons. The van der Waals surface area contributed by atoms with E-state index in [0.29, 0.717) is 26.0 Å². The van der Waals surface area contributed by atoms with Gasteiger partial charge in [0.2, 0.25) is 11.8 Å². The number of benzene rings is 2. The summed E-state index contributed by atoms with van der Waals surface area (Å²) in [5.41, 5.74) is 1.88. The molecule has 0 bridgehead atoms. The number of carbonyl (C=O) groups is 3. The lowest BCUT2D eigenvalue weighted by molar-refractivity contribution is -0.141. The Labute approximate surface area is 233 Å². The second-order valence-electron chi connectivity index (χ2n) is 11.6. The molecule has 3 amide bonds. The van der Waals surface area contributed by atoms with E-state index >= 15 is 0 Å². The number of amides is 3. The van der Waals surface area contributed by atoms with Gasteiger partial charge in [-0.15, -0.1) is 0 Å².